The van der Waals surface area contributed by atoms with Crippen LogP contribution in [0.3, 0.4) is 0 Å². The molecule has 0 fully saturated rings. The first kappa shape index (κ1) is 20.8. The standard InChI is InChI=1S/C22H22N4O4/c27-19-9-4-8-17(12-19)21-24-13-18(14-25-21)26-20(28)10-5-11-23-22(29)30-15-16-6-2-1-3-7-16/h1-4,6-9,12-14,27H,5,10-11,15H2,(H,23,29)(H,26,28). The largest absolute Gasteiger partial charge is 0.508 e. The minimum atomic E-state index is -0.518. The molecule has 0 radical (unpaired) electrons. The monoisotopic (exact) mass is 406 g/mol. The highest BCUT2D eigenvalue weighted by Crippen LogP contribution is 2.20. The van der Waals surface area contributed by atoms with Crippen molar-refractivity contribution in [2.75, 3.05) is 11.9 Å². The van der Waals surface area contributed by atoms with Crippen LogP contribution in [0.25, 0.3) is 11.4 Å². The second-order valence-corrected chi connectivity index (χ2v) is 6.49. The van der Waals surface area contributed by atoms with Crippen LogP contribution in [0.5, 0.6) is 5.75 Å². The lowest BCUT2D eigenvalue weighted by atomic mass is 10.2. The van der Waals surface area contributed by atoms with Crippen LogP contribution < -0.4 is 10.6 Å². The molecule has 0 bridgehead atoms. The normalized spacial score (nSPS) is 10.3. The van der Waals surface area contributed by atoms with Gasteiger partial charge in [0.2, 0.25) is 5.91 Å². The average Bonchev–Trinajstić information content (AvgIpc) is 2.76. The summed E-state index contributed by atoms with van der Waals surface area (Å²) in [6.45, 7) is 0.528. The van der Waals surface area contributed by atoms with Crippen molar-refractivity contribution in [3.8, 4) is 17.1 Å². The molecular formula is C22H22N4O4. The van der Waals surface area contributed by atoms with E-state index in [2.05, 4.69) is 20.6 Å². The average molecular weight is 406 g/mol. The zero-order valence-corrected chi connectivity index (χ0v) is 16.2. The van der Waals surface area contributed by atoms with Gasteiger partial charge in [-0.3, -0.25) is 4.79 Å². The lowest BCUT2D eigenvalue weighted by molar-refractivity contribution is -0.116. The van der Waals surface area contributed by atoms with Crippen molar-refractivity contribution in [3.05, 3.63) is 72.6 Å². The van der Waals surface area contributed by atoms with E-state index in [-0.39, 0.29) is 24.7 Å². The molecule has 1 aromatic heterocycles. The third-order valence-electron chi connectivity index (χ3n) is 4.10. The molecular weight excluding hydrogens is 384 g/mol. The zero-order chi connectivity index (χ0) is 21.2. The number of ether oxygens (including phenoxy) is 1. The van der Waals surface area contributed by atoms with Crippen molar-refractivity contribution in [1.82, 2.24) is 15.3 Å². The van der Waals surface area contributed by atoms with Crippen molar-refractivity contribution in [2.45, 2.75) is 19.4 Å². The van der Waals surface area contributed by atoms with Gasteiger partial charge in [-0.25, -0.2) is 14.8 Å². The van der Waals surface area contributed by atoms with Crippen molar-refractivity contribution in [3.63, 3.8) is 0 Å². The first-order valence-corrected chi connectivity index (χ1v) is 9.46. The molecule has 1 heterocycles. The Balaban J connectivity index is 1.35. The first-order valence-electron chi connectivity index (χ1n) is 9.46. The van der Waals surface area contributed by atoms with Gasteiger partial charge in [0.05, 0.1) is 18.1 Å². The lowest BCUT2D eigenvalue weighted by Crippen LogP contribution is -2.26. The van der Waals surface area contributed by atoms with Crippen LogP contribution in [0.1, 0.15) is 18.4 Å². The fourth-order valence-electron chi connectivity index (χ4n) is 2.62. The summed E-state index contributed by atoms with van der Waals surface area (Å²) < 4.78 is 5.10. The fraction of sp³-hybridized carbons (Fsp3) is 0.182. The summed E-state index contributed by atoms with van der Waals surface area (Å²) in [4.78, 5) is 32.1. The topological polar surface area (TPSA) is 113 Å². The second-order valence-electron chi connectivity index (χ2n) is 6.49. The summed E-state index contributed by atoms with van der Waals surface area (Å²) >= 11 is 0. The number of hydrogen-bond donors (Lipinski definition) is 3. The van der Waals surface area contributed by atoms with Gasteiger partial charge < -0.3 is 20.5 Å². The number of carbonyl (C=O) groups excluding carboxylic acids is 2. The molecule has 0 saturated heterocycles. The van der Waals surface area contributed by atoms with Crippen LogP contribution in [-0.2, 0) is 16.1 Å². The molecule has 0 atom stereocenters. The number of carbonyl (C=O) groups is 2. The number of benzene rings is 2. The smallest absolute Gasteiger partial charge is 0.407 e. The molecule has 0 unspecified atom stereocenters. The number of phenolic OH excluding ortho intramolecular Hbond substituents is 1. The van der Waals surface area contributed by atoms with Crippen LogP contribution in [0.2, 0.25) is 0 Å². The van der Waals surface area contributed by atoms with Crippen LogP contribution in [0.15, 0.2) is 67.0 Å². The lowest BCUT2D eigenvalue weighted by Gasteiger charge is -2.08. The molecule has 8 nitrogen and oxygen atoms in total. The van der Waals surface area contributed by atoms with E-state index in [1.54, 1.807) is 24.3 Å². The summed E-state index contributed by atoms with van der Waals surface area (Å²) in [5.41, 5.74) is 2.06. The van der Waals surface area contributed by atoms with Gasteiger partial charge in [-0.15, -0.1) is 0 Å². The number of aromatic nitrogens is 2. The number of anilines is 1. The van der Waals surface area contributed by atoms with Crippen LogP contribution in [-0.4, -0.2) is 33.6 Å². The molecule has 154 valence electrons. The predicted octanol–water partition coefficient (Wildman–Crippen LogP) is 3.49. The molecule has 2 aromatic carbocycles. The number of nitrogens with zero attached hydrogens (tertiary/aromatic N) is 2. The van der Waals surface area contributed by atoms with Crippen molar-refractivity contribution >= 4 is 17.7 Å². The zero-order valence-electron chi connectivity index (χ0n) is 16.2. The summed E-state index contributed by atoms with van der Waals surface area (Å²) in [6.07, 6.45) is 3.18. The quantitative estimate of drug-likeness (QED) is 0.494. The van der Waals surface area contributed by atoms with Crippen LogP contribution in [0, 0.1) is 0 Å². The number of hydrogen-bond acceptors (Lipinski definition) is 6. The van der Waals surface area contributed by atoms with E-state index in [9.17, 15) is 14.7 Å². The number of alkyl carbamates (subject to hydrolysis) is 1. The van der Waals surface area contributed by atoms with E-state index in [1.807, 2.05) is 30.3 Å². The first-order chi connectivity index (χ1) is 14.6. The predicted molar refractivity (Wildman–Crippen MR) is 112 cm³/mol. The highest BCUT2D eigenvalue weighted by molar-refractivity contribution is 5.90. The number of aromatic hydroxyl groups is 1. The summed E-state index contributed by atoms with van der Waals surface area (Å²) in [5.74, 6) is 0.372. The molecule has 2 amide bonds. The second kappa shape index (κ2) is 10.6. The molecule has 0 aliphatic carbocycles. The highest BCUT2D eigenvalue weighted by Gasteiger charge is 2.07. The van der Waals surface area contributed by atoms with Gasteiger partial charge in [-0.05, 0) is 24.1 Å². The maximum Gasteiger partial charge on any atom is 0.407 e. The van der Waals surface area contributed by atoms with Crippen molar-refractivity contribution in [2.24, 2.45) is 0 Å². The van der Waals surface area contributed by atoms with Crippen molar-refractivity contribution in [1.29, 1.82) is 0 Å². The Bertz CT molecular complexity index is 978. The summed E-state index contributed by atoms with van der Waals surface area (Å²) in [7, 11) is 0. The number of nitrogens with one attached hydrogen (secondary N) is 2. The Morgan fingerprint density at radius 2 is 1.77 bits per heavy atom. The minimum absolute atomic E-state index is 0.131. The molecule has 3 rings (SSSR count). The van der Waals surface area contributed by atoms with E-state index >= 15 is 0 Å². The molecule has 0 spiro atoms. The van der Waals surface area contributed by atoms with E-state index in [0.29, 0.717) is 30.0 Å². The highest BCUT2D eigenvalue weighted by atomic mass is 16.5. The SMILES string of the molecule is O=C(CCCNC(=O)OCc1ccccc1)Nc1cnc(-c2cccc(O)c2)nc1. The van der Waals surface area contributed by atoms with Gasteiger partial charge in [-0.2, -0.15) is 0 Å². The maximum atomic E-state index is 12.0. The summed E-state index contributed by atoms with van der Waals surface area (Å²) in [5, 5.41) is 14.8. The Morgan fingerprint density at radius 3 is 2.50 bits per heavy atom. The molecule has 0 aliphatic heterocycles. The van der Waals surface area contributed by atoms with Gasteiger partial charge >= 0.3 is 6.09 Å². The minimum Gasteiger partial charge on any atom is -0.508 e. The fourth-order valence-corrected chi connectivity index (χ4v) is 2.62. The van der Waals surface area contributed by atoms with Crippen molar-refractivity contribution < 1.29 is 19.4 Å². The maximum absolute atomic E-state index is 12.0. The van der Waals surface area contributed by atoms with Gasteiger partial charge in [0.15, 0.2) is 5.82 Å². The van der Waals surface area contributed by atoms with Gasteiger partial charge in [0.25, 0.3) is 0 Å². The van der Waals surface area contributed by atoms with E-state index in [4.69, 9.17) is 4.74 Å². The summed E-state index contributed by atoms with van der Waals surface area (Å²) in [6, 6.07) is 16.0. The molecule has 30 heavy (non-hydrogen) atoms. The third kappa shape index (κ3) is 6.59. The molecule has 3 aromatic rings. The molecule has 8 heteroatoms. The van der Waals surface area contributed by atoms with Crippen LogP contribution >= 0.6 is 0 Å². The van der Waals surface area contributed by atoms with E-state index < -0.39 is 6.09 Å². The number of phenols is 1. The van der Waals surface area contributed by atoms with E-state index in [0.717, 1.165) is 5.56 Å². The molecule has 0 aliphatic rings. The Labute approximate surface area is 174 Å². The number of amides is 2. The molecule has 3 N–H and O–H groups in total. The Hall–Kier alpha value is -3.94. The number of rotatable bonds is 8. The third-order valence-corrected chi connectivity index (χ3v) is 4.10. The Morgan fingerprint density at radius 1 is 1.00 bits per heavy atom. The van der Waals surface area contributed by atoms with Gasteiger partial charge in [-0.1, -0.05) is 42.5 Å². The van der Waals surface area contributed by atoms with Gasteiger partial charge in [0.1, 0.15) is 12.4 Å². The molecule has 0 saturated carbocycles. The van der Waals surface area contributed by atoms with Crippen LogP contribution in [0.4, 0.5) is 10.5 Å². The Kier molecular flexibility index (Phi) is 7.32. The van der Waals surface area contributed by atoms with Gasteiger partial charge in [0, 0.05) is 18.5 Å². The van der Waals surface area contributed by atoms with E-state index in [1.165, 1.54) is 12.4 Å².